The fourth-order valence-electron chi connectivity index (χ4n) is 2.77. The van der Waals surface area contributed by atoms with E-state index < -0.39 is 13.0 Å². The number of aliphatic hydroxyl groups excluding tert-OH is 1. The molecule has 1 unspecified atom stereocenters. The SMILES string of the molecule is Cc1ccc(NC(=O)N2CCC(C(C)O)CC2)cc1OCC(F)F. The molecule has 1 fully saturated rings. The molecule has 0 spiro atoms. The Morgan fingerprint density at radius 3 is 2.67 bits per heavy atom. The van der Waals surface area contributed by atoms with E-state index in [2.05, 4.69) is 5.32 Å². The maximum absolute atomic E-state index is 12.3. The van der Waals surface area contributed by atoms with Gasteiger partial charge in [0.2, 0.25) is 0 Å². The molecular weight excluding hydrogens is 318 g/mol. The molecule has 7 heteroatoms. The maximum atomic E-state index is 12.3. The third-order valence-electron chi connectivity index (χ3n) is 4.31. The van der Waals surface area contributed by atoms with Gasteiger partial charge in [-0.2, -0.15) is 0 Å². The first-order valence-electron chi connectivity index (χ1n) is 8.12. The van der Waals surface area contributed by atoms with Gasteiger partial charge in [-0.3, -0.25) is 0 Å². The second-order valence-electron chi connectivity index (χ2n) is 6.18. The maximum Gasteiger partial charge on any atom is 0.321 e. The summed E-state index contributed by atoms with van der Waals surface area (Å²) in [4.78, 5) is 14.0. The summed E-state index contributed by atoms with van der Waals surface area (Å²) in [5.74, 6) is 0.559. The van der Waals surface area contributed by atoms with E-state index in [0.717, 1.165) is 18.4 Å². The fourth-order valence-corrected chi connectivity index (χ4v) is 2.77. The Morgan fingerprint density at radius 1 is 1.42 bits per heavy atom. The minimum atomic E-state index is -2.54. The van der Waals surface area contributed by atoms with Crippen LogP contribution in [0.4, 0.5) is 19.3 Å². The smallest absolute Gasteiger partial charge is 0.321 e. The summed E-state index contributed by atoms with van der Waals surface area (Å²) in [5, 5.41) is 12.4. The van der Waals surface area contributed by atoms with Gasteiger partial charge in [0.25, 0.3) is 6.43 Å². The van der Waals surface area contributed by atoms with Crippen LogP contribution in [-0.4, -0.2) is 48.3 Å². The van der Waals surface area contributed by atoms with E-state index in [-0.39, 0.29) is 18.1 Å². The number of nitrogens with zero attached hydrogens (tertiary/aromatic N) is 1. The summed E-state index contributed by atoms with van der Waals surface area (Å²) in [7, 11) is 0. The van der Waals surface area contributed by atoms with Crippen LogP contribution in [0.3, 0.4) is 0 Å². The lowest BCUT2D eigenvalue weighted by molar-refractivity contribution is 0.0815. The zero-order valence-corrected chi connectivity index (χ0v) is 14.0. The summed E-state index contributed by atoms with van der Waals surface area (Å²) in [6.07, 6.45) is -1.37. The molecule has 1 aliphatic rings. The molecule has 1 aromatic carbocycles. The quantitative estimate of drug-likeness (QED) is 0.863. The van der Waals surface area contributed by atoms with Gasteiger partial charge in [0.1, 0.15) is 12.4 Å². The number of nitrogens with one attached hydrogen (secondary N) is 1. The topological polar surface area (TPSA) is 61.8 Å². The van der Waals surface area contributed by atoms with Crippen molar-refractivity contribution >= 4 is 11.7 Å². The highest BCUT2D eigenvalue weighted by Gasteiger charge is 2.25. The highest BCUT2D eigenvalue weighted by Crippen LogP contribution is 2.25. The zero-order valence-electron chi connectivity index (χ0n) is 14.0. The Bertz CT molecular complexity index is 559. The lowest BCUT2D eigenvalue weighted by Crippen LogP contribution is -2.42. The van der Waals surface area contributed by atoms with E-state index in [1.54, 1.807) is 36.9 Å². The number of anilines is 1. The number of aliphatic hydroxyl groups is 1. The van der Waals surface area contributed by atoms with Crippen molar-refractivity contribution in [3.63, 3.8) is 0 Å². The van der Waals surface area contributed by atoms with Gasteiger partial charge in [0.05, 0.1) is 6.10 Å². The van der Waals surface area contributed by atoms with Crippen molar-refractivity contribution in [2.75, 3.05) is 25.0 Å². The van der Waals surface area contributed by atoms with E-state index in [9.17, 15) is 18.7 Å². The predicted octanol–water partition coefficient (Wildman–Crippen LogP) is 3.26. The monoisotopic (exact) mass is 342 g/mol. The number of piperidine rings is 1. The van der Waals surface area contributed by atoms with Crippen molar-refractivity contribution in [2.24, 2.45) is 5.92 Å². The molecule has 1 aliphatic heterocycles. The number of alkyl halides is 2. The number of rotatable bonds is 5. The van der Waals surface area contributed by atoms with Crippen LogP contribution in [0.2, 0.25) is 0 Å². The number of aryl methyl sites for hydroxylation is 1. The molecule has 5 nitrogen and oxygen atoms in total. The Morgan fingerprint density at radius 2 is 2.08 bits per heavy atom. The van der Waals surface area contributed by atoms with E-state index in [4.69, 9.17) is 4.74 Å². The van der Waals surface area contributed by atoms with Gasteiger partial charge in [-0.25, -0.2) is 13.6 Å². The minimum Gasteiger partial charge on any atom is -0.487 e. The number of hydrogen-bond donors (Lipinski definition) is 2. The van der Waals surface area contributed by atoms with Crippen molar-refractivity contribution in [3.05, 3.63) is 23.8 Å². The Labute approximate surface area is 140 Å². The summed E-state index contributed by atoms with van der Waals surface area (Å²) >= 11 is 0. The van der Waals surface area contributed by atoms with Gasteiger partial charge in [0.15, 0.2) is 0 Å². The second-order valence-corrected chi connectivity index (χ2v) is 6.18. The van der Waals surface area contributed by atoms with Crippen molar-refractivity contribution in [3.8, 4) is 5.75 Å². The number of amides is 2. The largest absolute Gasteiger partial charge is 0.487 e. The normalized spacial score (nSPS) is 17.0. The molecule has 1 heterocycles. The molecule has 1 atom stereocenters. The van der Waals surface area contributed by atoms with Crippen LogP contribution in [0.1, 0.15) is 25.3 Å². The van der Waals surface area contributed by atoms with Crippen LogP contribution >= 0.6 is 0 Å². The van der Waals surface area contributed by atoms with Gasteiger partial charge in [-0.15, -0.1) is 0 Å². The molecule has 1 aromatic rings. The number of benzene rings is 1. The molecular formula is C17H24F2N2O3. The van der Waals surface area contributed by atoms with Crippen molar-refractivity contribution in [2.45, 2.75) is 39.2 Å². The predicted molar refractivity (Wildman–Crippen MR) is 87.7 cm³/mol. The van der Waals surface area contributed by atoms with Crippen LogP contribution in [0.25, 0.3) is 0 Å². The molecule has 2 rings (SSSR count). The second kappa shape index (κ2) is 8.28. The first-order chi connectivity index (χ1) is 11.4. The van der Waals surface area contributed by atoms with Crippen LogP contribution in [0, 0.1) is 12.8 Å². The average molecular weight is 342 g/mol. The van der Waals surface area contributed by atoms with E-state index in [1.807, 2.05) is 0 Å². The van der Waals surface area contributed by atoms with Crippen LogP contribution in [-0.2, 0) is 0 Å². The lowest BCUT2D eigenvalue weighted by Gasteiger charge is -2.33. The van der Waals surface area contributed by atoms with Gasteiger partial charge in [-0.05, 0) is 44.2 Å². The molecule has 24 heavy (non-hydrogen) atoms. The minimum absolute atomic E-state index is 0.225. The molecule has 0 aliphatic carbocycles. The van der Waals surface area contributed by atoms with Crippen LogP contribution < -0.4 is 10.1 Å². The Balaban J connectivity index is 1.93. The third kappa shape index (κ3) is 5.06. The molecule has 134 valence electrons. The summed E-state index contributed by atoms with van der Waals surface area (Å²) < 4.78 is 29.6. The molecule has 1 saturated heterocycles. The van der Waals surface area contributed by atoms with Gasteiger partial charge < -0.3 is 20.1 Å². The Kier molecular flexibility index (Phi) is 6.36. The highest BCUT2D eigenvalue weighted by molar-refractivity contribution is 5.89. The molecule has 0 aromatic heterocycles. The number of halogens is 2. The first-order valence-corrected chi connectivity index (χ1v) is 8.12. The van der Waals surface area contributed by atoms with E-state index in [1.165, 1.54) is 0 Å². The number of hydrogen-bond acceptors (Lipinski definition) is 3. The standard InChI is InChI=1S/C17H24F2N2O3/c1-11-3-4-14(9-15(11)24-10-16(18)19)20-17(23)21-7-5-13(6-8-21)12(2)22/h3-4,9,12-13,16,22H,5-8,10H2,1-2H3,(H,20,23). The number of carbonyl (C=O) groups excluding carboxylic acids is 1. The van der Waals surface area contributed by atoms with Crippen LogP contribution in [0.5, 0.6) is 5.75 Å². The number of urea groups is 1. The summed E-state index contributed by atoms with van der Waals surface area (Å²) in [6.45, 7) is 4.02. The zero-order chi connectivity index (χ0) is 17.7. The van der Waals surface area contributed by atoms with Crippen molar-refractivity contribution in [1.82, 2.24) is 4.90 Å². The molecule has 0 bridgehead atoms. The summed E-state index contributed by atoms with van der Waals surface area (Å²) in [6, 6.07) is 4.75. The average Bonchev–Trinajstić information content (AvgIpc) is 2.55. The number of likely N-dealkylation sites (tertiary alicyclic amines) is 1. The first kappa shape index (κ1) is 18.4. The van der Waals surface area contributed by atoms with Crippen LogP contribution in [0.15, 0.2) is 18.2 Å². The Hall–Kier alpha value is -1.89. The molecule has 2 amide bonds. The van der Waals surface area contributed by atoms with Crippen molar-refractivity contribution in [1.29, 1.82) is 0 Å². The van der Waals surface area contributed by atoms with Crippen molar-refractivity contribution < 1.29 is 23.4 Å². The summed E-state index contributed by atoms with van der Waals surface area (Å²) in [5.41, 5.74) is 1.24. The fraction of sp³-hybridized carbons (Fsp3) is 0.588. The highest BCUT2D eigenvalue weighted by atomic mass is 19.3. The number of carbonyl (C=O) groups is 1. The van der Waals surface area contributed by atoms with Gasteiger partial charge >= 0.3 is 6.03 Å². The lowest BCUT2D eigenvalue weighted by atomic mass is 9.92. The number of ether oxygens (including phenoxy) is 1. The molecule has 0 radical (unpaired) electrons. The third-order valence-corrected chi connectivity index (χ3v) is 4.31. The molecule has 2 N–H and O–H groups in total. The van der Waals surface area contributed by atoms with Gasteiger partial charge in [0, 0.05) is 24.8 Å². The van der Waals surface area contributed by atoms with E-state index in [0.29, 0.717) is 24.5 Å². The van der Waals surface area contributed by atoms with E-state index >= 15 is 0 Å². The molecule has 0 saturated carbocycles. The van der Waals surface area contributed by atoms with Gasteiger partial charge in [-0.1, -0.05) is 6.07 Å².